The highest BCUT2D eigenvalue weighted by atomic mass is 32.1. The zero-order chi connectivity index (χ0) is 27.7. The average Bonchev–Trinajstić information content (AvgIpc) is 3.75. The number of hydrogen-bond acceptors (Lipinski definition) is 4. The quantitative estimate of drug-likeness (QED) is 0.0924. The second-order valence-electron chi connectivity index (χ2n) is 11.4. The summed E-state index contributed by atoms with van der Waals surface area (Å²) in [5.41, 5.74) is 4.76. The highest BCUT2D eigenvalue weighted by molar-refractivity contribution is 7.27. The first-order valence-electron chi connectivity index (χ1n) is 15.9. The van der Waals surface area contributed by atoms with Crippen molar-refractivity contribution in [2.24, 2.45) is 0 Å². The molecule has 0 saturated carbocycles. The van der Waals surface area contributed by atoms with Gasteiger partial charge in [-0.1, -0.05) is 78.6 Å². The summed E-state index contributed by atoms with van der Waals surface area (Å²) in [7, 11) is 0. The summed E-state index contributed by atoms with van der Waals surface area (Å²) >= 11 is 7.98. The highest BCUT2D eigenvalue weighted by Crippen LogP contribution is 2.47. The SMILES string of the molecule is CCCCCCc1ccsc1-c1cc2cc3sc(-c4sccc4CCCCCC)c(CCCCCC)c3cc2s1. The molecule has 0 N–H and O–H groups in total. The normalized spacial score (nSPS) is 11.9. The topological polar surface area (TPSA) is 0 Å². The number of thiophene rings is 4. The lowest BCUT2D eigenvalue weighted by molar-refractivity contribution is 0.667. The number of rotatable bonds is 17. The number of aryl methyl sites for hydroxylation is 3. The van der Waals surface area contributed by atoms with Crippen molar-refractivity contribution in [3.05, 3.63) is 57.8 Å². The molecule has 0 aliphatic rings. The van der Waals surface area contributed by atoms with Crippen LogP contribution in [0.1, 0.15) is 115 Å². The van der Waals surface area contributed by atoms with E-state index >= 15 is 0 Å². The molecule has 4 heterocycles. The Morgan fingerprint density at radius 2 is 1.12 bits per heavy atom. The first kappa shape index (κ1) is 30.0. The lowest BCUT2D eigenvalue weighted by atomic mass is 9.99. The van der Waals surface area contributed by atoms with E-state index in [-0.39, 0.29) is 0 Å². The standard InChI is InChI=1S/C36H46S4/c1-4-7-10-13-16-26-19-21-37-34(26)33-24-28-23-32-30(25-31(28)39-33)29(18-15-12-9-6-3)36(40-32)35-27(20-22-38-35)17-14-11-8-5-2/h19-25H,4-18H2,1-3H3. The Kier molecular flexibility index (Phi) is 11.4. The van der Waals surface area contributed by atoms with E-state index in [4.69, 9.17) is 0 Å². The second kappa shape index (κ2) is 15.1. The van der Waals surface area contributed by atoms with Crippen molar-refractivity contribution >= 4 is 65.5 Å². The van der Waals surface area contributed by atoms with Gasteiger partial charge in [0.05, 0.1) is 0 Å². The number of unbranched alkanes of at least 4 members (excludes halogenated alkanes) is 9. The highest BCUT2D eigenvalue weighted by Gasteiger charge is 2.19. The molecule has 4 aromatic heterocycles. The number of hydrogen-bond donors (Lipinski definition) is 0. The Bertz CT molecular complexity index is 1470. The van der Waals surface area contributed by atoms with Crippen LogP contribution in [0.5, 0.6) is 0 Å². The molecule has 0 aliphatic carbocycles. The van der Waals surface area contributed by atoms with Gasteiger partial charge in [0.2, 0.25) is 0 Å². The average molecular weight is 607 g/mol. The smallest absolute Gasteiger partial charge is 0.0489 e. The van der Waals surface area contributed by atoms with E-state index in [2.05, 4.69) is 73.2 Å². The van der Waals surface area contributed by atoms with Crippen LogP contribution in [0.15, 0.2) is 41.1 Å². The maximum Gasteiger partial charge on any atom is 0.0489 e. The van der Waals surface area contributed by atoms with Crippen molar-refractivity contribution in [2.75, 3.05) is 0 Å². The Labute approximate surface area is 258 Å². The van der Waals surface area contributed by atoms with Crippen LogP contribution in [0.2, 0.25) is 0 Å². The molecule has 0 spiro atoms. The van der Waals surface area contributed by atoms with Gasteiger partial charge in [0, 0.05) is 28.9 Å². The minimum absolute atomic E-state index is 1.21. The molecule has 214 valence electrons. The molecule has 0 amide bonds. The summed E-state index contributed by atoms with van der Waals surface area (Å²) in [6.45, 7) is 6.92. The number of benzene rings is 1. The Hall–Kier alpha value is -1.46. The van der Waals surface area contributed by atoms with Gasteiger partial charge < -0.3 is 0 Å². The molecular formula is C36H46S4. The predicted molar refractivity (Wildman–Crippen MR) is 187 cm³/mol. The van der Waals surface area contributed by atoms with Crippen molar-refractivity contribution in [3.8, 4) is 19.5 Å². The largest absolute Gasteiger partial charge is 0.143 e. The molecule has 0 saturated heterocycles. The van der Waals surface area contributed by atoms with Crippen molar-refractivity contribution in [1.82, 2.24) is 0 Å². The predicted octanol–water partition coefficient (Wildman–Crippen LogP) is 13.9. The molecular weight excluding hydrogens is 561 g/mol. The first-order chi connectivity index (χ1) is 19.7. The number of fused-ring (bicyclic) bond motifs is 2. The van der Waals surface area contributed by atoms with E-state index in [0.717, 1.165) is 0 Å². The second-order valence-corrected chi connectivity index (χ2v) is 15.4. The van der Waals surface area contributed by atoms with Gasteiger partial charge in [0.25, 0.3) is 0 Å². The maximum atomic E-state index is 2.55. The van der Waals surface area contributed by atoms with Gasteiger partial charge >= 0.3 is 0 Å². The van der Waals surface area contributed by atoms with E-state index in [1.807, 2.05) is 34.0 Å². The summed E-state index contributed by atoms with van der Waals surface area (Å²) in [5.74, 6) is 0. The van der Waals surface area contributed by atoms with Crippen LogP contribution in [-0.4, -0.2) is 0 Å². The minimum Gasteiger partial charge on any atom is -0.143 e. The van der Waals surface area contributed by atoms with Crippen molar-refractivity contribution < 1.29 is 0 Å². The summed E-state index contributed by atoms with van der Waals surface area (Å²) in [6, 6.07) is 12.3. The summed E-state index contributed by atoms with van der Waals surface area (Å²) in [6.07, 6.45) is 19.6. The third-order valence-electron chi connectivity index (χ3n) is 8.23. The van der Waals surface area contributed by atoms with E-state index in [1.165, 1.54) is 126 Å². The van der Waals surface area contributed by atoms with Gasteiger partial charge in [-0.25, -0.2) is 0 Å². The Balaban J connectivity index is 1.47. The molecule has 4 heteroatoms. The van der Waals surface area contributed by atoms with E-state index < -0.39 is 0 Å². The van der Waals surface area contributed by atoms with Crippen LogP contribution in [0.25, 0.3) is 39.7 Å². The molecule has 0 atom stereocenters. The van der Waals surface area contributed by atoms with E-state index in [0.29, 0.717) is 0 Å². The lowest BCUT2D eigenvalue weighted by Crippen LogP contribution is -1.90. The molecule has 40 heavy (non-hydrogen) atoms. The van der Waals surface area contributed by atoms with Gasteiger partial charge in [-0.05, 0) is 107 Å². The molecule has 0 bridgehead atoms. The third-order valence-corrected chi connectivity index (χ3v) is 12.8. The van der Waals surface area contributed by atoms with Gasteiger partial charge in [0.1, 0.15) is 0 Å². The van der Waals surface area contributed by atoms with Crippen molar-refractivity contribution in [2.45, 2.75) is 117 Å². The molecule has 5 aromatic rings. The fourth-order valence-corrected chi connectivity index (χ4v) is 10.6. The summed E-state index contributed by atoms with van der Waals surface area (Å²) in [5, 5.41) is 7.58. The third kappa shape index (κ3) is 7.12. The molecule has 5 rings (SSSR count). The zero-order valence-electron chi connectivity index (χ0n) is 24.8. The maximum absolute atomic E-state index is 2.55. The molecule has 0 nitrogen and oxygen atoms in total. The van der Waals surface area contributed by atoms with Crippen LogP contribution < -0.4 is 0 Å². The van der Waals surface area contributed by atoms with Gasteiger partial charge in [-0.2, -0.15) is 0 Å². The molecule has 1 aromatic carbocycles. The molecule has 0 radical (unpaired) electrons. The van der Waals surface area contributed by atoms with Gasteiger partial charge in [-0.3, -0.25) is 0 Å². The van der Waals surface area contributed by atoms with E-state index in [1.54, 1.807) is 26.4 Å². The van der Waals surface area contributed by atoms with Crippen molar-refractivity contribution in [1.29, 1.82) is 0 Å². The molecule has 0 unspecified atom stereocenters. The van der Waals surface area contributed by atoms with E-state index in [9.17, 15) is 0 Å². The fraction of sp³-hybridized carbons (Fsp3) is 0.500. The van der Waals surface area contributed by atoms with Gasteiger partial charge in [0.15, 0.2) is 0 Å². The Morgan fingerprint density at radius 1 is 0.525 bits per heavy atom. The monoisotopic (exact) mass is 606 g/mol. The Morgan fingerprint density at radius 3 is 1.77 bits per heavy atom. The van der Waals surface area contributed by atoms with Crippen LogP contribution in [0.3, 0.4) is 0 Å². The van der Waals surface area contributed by atoms with Crippen LogP contribution in [0, 0.1) is 0 Å². The zero-order valence-corrected chi connectivity index (χ0v) is 28.0. The minimum atomic E-state index is 1.21. The van der Waals surface area contributed by atoms with Gasteiger partial charge in [-0.15, -0.1) is 45.3 Å². The summed E-state index contributed by atoms with van der Waals surface area (Å²) in [4.78, 5) is 6.09. The lowest BCUT2D eigenvalue weighted by Gasteiger charge is -2.07. The summed E-state index contributed by atoms with van der Waals surface area (Å²) < 4.78 is 2.94. The molecule has 0 fully saturated rings. The van der Waals surface area contributed by atoms with Crippen LogP contribution in [-0.2, 0) is 19.3 Å². The first-order valence-corrected chi connectivity index (χ1v) is 19.2. The van der Waals surface area contributed by atoms with Crippen LogP contribution in [0.4, 0.5) is 0 Å². The van der Waals surface area contributed by atoms with Crippen LogP contribution >= 0.6 is 45.3 Å². The molecule has 0 aliphatic heterocycles. The van der Waals surface area contributed by atoms with Crippen molar-refractivity contribution in [3.63, 3.8) is 0 Å². The fourth-order valence-electron chi connectivity index (χ4n) is 5.92.